The van der Waals surface area contributed by atoms with Crippen LogP contribution in [-0.2, 0) is 60.6 Å². The number of fused-ring (bicyclic) bond motifs is 3. The minimum Gasteiger partial charge on any atom is -0.507 e. The van der Waals surface area contributed by atoms with E-state index in [9.17, 15) is 29.4 Å². The quantitative estimate of drug-likeness (QED) is 0.0504. The van der Waals surface area contributed by atoms with E-state index >= 15 is 0 Å². The largest absolute Gasteiger partial charge is 0.507 e. The van der Waals surface area contributed by atoms with Gasteiger partial charge in [0.25, 0.3) is 0 Å². The second kappa shape index (κ2) is 32.9. The third-order valence-electron chi connectivity index (χ3n) is 16.5. The molecule has 2 N–H and O–H groups in total. The van der Waals surface area contributed by atoms with E-state index < -0.39 is 95.4 Å². The van der Waals surface area contributed by atoms with Gasteiger partial charge in [0.1, 0.15) is 75.8 Å². The fraction of sp³-hybridized carbons (Fsp3) is 0.532. The molecule has 2 unspecified atom stereocenters. The summed E-state index contributed by atoms with van der Waals surface area (Å²) in [6, 6.07) is 21.8. The van der Waals surface area contributed by atoms with Crippen LogP contribution in [-0.4, -0.2) is 139 Å². The predicted molar refractivity (Wildman–Crippen MR) is 374 cm³/mol. The Morgan fingerprint density at radius 3 is 1.83 bits per heavy atom. The Bertz CT molecular complexity index is 3480. The Morgan fingerprint density at radius 1 is 0.694 bits per heavy atom. The summed E-state index contributed by atoms with van der Waals surface area (Å²) in [7, 11) is 3.25. The molecule has 21 heteroatoms. The van der Waals surface area contributed by atoms with Crippen molar-refractivity contribution < 1.29 is 91.0 Å². The molecule has 4 aromatic rings. The van der Waals surface area contributed by atoms with Crippen molar-refractivity contribution in [3.8, 4) is 23.0 Å². The predicted octanol–water partition coefficient (Wildman–Crippen LogP) is 15.2. The summed E-state index contributed by atoms with van der Waals surface area (Å²) in [5, 5.41) is 21.3. The molecule has 10 atom stereocenters. The number of ether oxygens (including phenoxy) is 13. The molecule has 0 aromatic heterocycles. The number of hydrogen-bond acceptors (Lipinski definition) is 19. The molecule has 0 saturated carbocycles. The summed E-state index contributed by atoms with van der Waals surface area (Å²) in [4.78, 5) is 56.0. The second-order valence-corrected chi connectivity index (χ2v) is 28.3. The molecule has 4 aromatic carbocycles. The normalized spacial score (nSPS) is 23.5. The minimum atomic E-state index is -1.19. The number of cyclic esters (lactones) is 2. The smallest absolute Gasteiger partial charge is 0.414 e. The molecule has 2 amide bonds. The number of hydrogen-bond donors (Lipinski definition) is 2. The molecule has 4 aliphatic heterocycles. The number of aliphatic hydroxyl groups excluding tert-OH is 1. The number of amides is 2. The van der Waals surface area contributed by atoms with Crippen molar-refractivity contribution in [2.75, 3.05) is 37.1 Å². The maximum absolute atomic E-state index is 13.5. The highest BCUT2D eigenvalue weighted by molar-refractivity contribution is 6.00. The molecule has 0 bridgehead atoms. The Balaban J connectivity index is 0.000000277. The summed E-state index contributed by atoms with van der Waals surface area (Å²) in [5.41, 5.74) is 2.58. The molecular formula is C77H104N2O19. The third-order valence-corrected chi connectivity index (χ3v) is 16.5. The number of phenols is 1. The lowest BCUT2D eigenvalue weighted by Crippen LogP contribution is -2.40. The van der Waals surface area contributed by atoms with Crippen LogP contribution in [0.2, 0.25) is 0 Å². The van der Waals surface area contributed by atoms with Gasteiger partial charge in [-0.3, -0.25) is 9.80 Å². The van der Waals surface area contributed by atoms with E-state index in [1.807, 2.05) is 154 Å². The van der Waals surface area contributed by atoms with Gasteiger partial charge < -0.3 is 71.8 Å². The Labute approximate surface area is 578 Å². The SMILES string of the molecule is CCN(C(=O)OC(C)(C)C)c1cc(/C=C/C[C@@H]2OC(C)(C)O[C@@H]2C(/C=C\[C@@H](C)[C@H](C)O)OCc2ccc(OC)cc2)c2c(c1)OC(C)(C)OC2=O.CCN(C(=O)OC(C)(C)C)c1cc(O)c2c(c1)/C=C/C[C@@H]1OC(C)(C)O[C@@H]1C(OCc1ccc(OC)cc1)/C=C\[C@@H](C)[C@H](C)OC2=O. The first-order valence-electron chi connectivity index (χ1n) is 33.7. The lowest BCUT2D eigenvalue weighted by Gasteiger charge is -2.33. The van der Waals surface area contributed by atoms with E-state index in [-0.39, 0.29) is 41.4 Å². The average Bonchev–Trinajstić information content (AvgIpc) is 1.01. The van der Waals surface area contributed by atoms with Gasteiger partial charge in [-0.2, -0.15) is 0 Å². The standard InChI is InChI=1S/C40H55NO10.C37H49NO9/c1-12-41(37(44)51-38(4,5)6)29-22-28(34-33(23-29)48-40(9,10)50-36(34)43)14-13-15-32-35(49-39(7,8)47-32)31(21-16-25(2)26(3)42)46-24-27-17-19-30(45-11)20-18-27;1-10-38(35(41)47-36(4,5)6)27-20-26-12-11-13-31-33(46-37(7,8)45-31)30(43-22-25-15-17-28(42-9)18-16-25)19-14-23(2)24(3)44-34(40)32(26)29(39)21-27/h13-14,16-23,25-26,31-32,35,42H,12,15,24H2,1-11H3;11-12,14-21,23-24,30-31,33,39H,10,13,22H2,1-9H3/b14-13+,21-16-;12-11+,19-14-/t25-,26+,31?,32+,35-;23-,24+,30?,31+,33-/m11/s1. The Morgan fingerprint density at radius 2 is 1.27 bits per heavy atom. The topological polar surface area (TPSA) is 235 Å². The number of carbonyl (C=O) groups excluding carboxylic acids is 4. The van der Waals surface area contributed by atoms with Crippen molar-refractivity contribution in [1.82, 2.24) is 0 Å². The molecule has 536 valence electrons. The fourth-order valence-electron chi connectivity index (χ4n) is 11.3. The van der Waals surface area contributed by atoms with E-state index in [1.165, 1.54) is 15.9 Å². The molecular weight excluding hydrogens is 1260 g/mol. The lowest BCUT2D eigenvalue weighted by atomic mass is 9.98. The highest BCUT2D eigenvalue weighted by Crippen LogP contribution is 2.41. The second-order valence-electron chi connectivity index (χ2n) is 28.3. The van der Waals surface area contributed by atoms with Crippen LogP contribution in [0.3, 0.4) is 0 Å². The third kappa shape index (κ3) is 21.6. The number of benzene rings is 4. The van der Waals surface area contributed by atoms with Crippen LogP contribution < -0.4 is 24.0 Å². The highest BCUT2D eigenvalue weighted by Gasteiger charge is 2.46. The molecule has 0 radical (unpaired) electrons. The number of nitrogens with zero attached hydrogens (tertiary/aromatic N) is 2. The van der Waals surface area contributed by atoms with Gasteiger partial charge in [0.05, 0.1) is 57.1 Å². The molecule has 4 heterocycles. The van der Waals surface area contributed by atoms with E-state index in [4.69, 9.17) is 61.6 Å². The Kier molecular flexibility index (Phi) is 26.1. The maximum Gasteiger partial charge on any atom is 0.414 e. The molecule has 8 rings (SSSR count). The van der Waals surface area contributed by atoms with Crippen molar-refractivity contribution in [1.29, 1.82) is 0 Å². The zero-order valence-electron chi connectivity index (χ0n) is 60.8. The molecule has 21 nitrogen and oxygen atoms in total. The average molecular weight is 1360 g/mol. The number of aliphatic hydroxyl groups is 1. The summed E-state index contributed by atoms with van der Waals surface area (Å²) >= 11 is 0. The molecule has 0 spiro atoms. The number of esters is 2. The van der Waals surface area contributed by atoms with Gasteiger partial charge in [-0.15, -0.1) is 0 Å². The van der Waals surface area contributed by atoms with Crippen molar-refractivity contribution in [3.05, 3.63) is 143 Å². The summed E-state index contributed by atoms with van der Waals surface area (Å²) in [6.07, 6.45) is 11.0. The number of anilines is 2. The number of aromatic hydroxyl groups is 1. The van der Waals surface area contributed by atoms with Crippen molar-refractivity contribution in [3.63, 3.8) is 0 Å². The highest BCUT2D eigenvalue weighted by atomic mass is 16.8. The molecule has 4 aliphatic rings. The van der Waals surface area contributed by atoms with Crippen molar-refractivity contribution in [2.45, 2.75) is 228 Å². The first-order chi connectivity index (χ1) is 45.9. The Hall–Kier alpha value is -7.76. The van der Waals surface area contributed by atoms with Crippen molar-refractivity contribution >= 4 is 47.7 Å². The lowest BCUT2D eigenvalue weighted by molar-refractivity contribution is -0.156. The molecule has 2 fully saturated rings. The van der Waals surface area contributed by atoms with Crippen LogP contribution in [0.15, 0.2) is 109 Å². The van der Waals surface area contributed by atoms with Gasteiger partial charge in [-0.1, -0.05) is 86.7 Å². The van der Waals surface area contributed by atoms with Gasteiger partial charge in [-0.05, 0) is 174 Å². The first kappa shape index (κ1) is 77.6. The zero-order valence-corrected chi connectivity index (χ0v) is 60.8. The minimum absolute atomic E-state index is 0.00602. The molecule has 98 heavy (non-hydrogen) atoms. The van der Waals surface area contributed by atoms with E-state index in [2.05, 4.69) is 0 Å². The van der Waals surface area contributed by atoms with Gasteiger partial charge in [-0.25, -0.2) is 19.2 Å². The van der Waals surface area contributed by atoms with E-state index in [1.54, 1.807) is 100.0 Å². The van der Waals surface area contributed by atoms with Crippen LogP contribution in [0.5, 0.6) is 23.0 Å². The molecule has 2 saturated heterocycles. The van der Waals surface area contributed by atoms with E-state index in [0.717, 1.165) is 22.6 Å². The monoisotopic (exact) mass is 1360 g/mol. The summed E-state index contributed by atoms with van der Waals surface area (Å²) in [5.74, 6) is -2.95. The van der Waals surface area contributed by atoms with Crippen LogP contribution >= 0.6 is 0 Å². The molecule has 0 aliphatic carbocycles. The summed E-state index contributed by atoms with van der Waals surface area (Å²) in [6.45, 7) is 33.9. The summed E-state index contributed by atoms with van der Waals surface area (Å²) < 4.78 is 77.9. The van der Waals surface area contributed by atoms with Gasteiger partial charge >= 0.3 is 24.1 Å². The first-order valence-corrected chi connectivity index (χ1v) is 33.7. The van der Waals surface area contributed by atoms with Crippen LogP contribution in [0.25, 0.3) is 12.2 Å². The van der Waals surface area contributed by atoms with Crippen LogP contribution in [0.4, 0.5) is 21.0 Å². The number of methoxy groups -OCH3 is 2. The van der Waals surface area contributed by atoms with Crippen LogP contribution in [0.1, 0.15) is 180 Å². The maximum atomic E-state index is 13.5. The number of rotatable bonds is 19. The van der Waals surface area contributed by atoms with Gasteiger partial charge in [0, 0.05) is 45.0 Å². The zero-order chi connectivity index (χ0) is 72.2. The van der Waals surface area contributed by atoms with Gasteiger partial charge in [0.15, 0.2) is 11.6 Å². The van der Waals surface area contributed by atoms with Crippen molar-refractivity contribution in [2.24, 2.45) is 11.8 Å². The van der Waals surface area contributed by atoms with Crippen LogP contribution in [0, 0.1) is 11.8 Å². The number of phenolic OH excluding ortho intramolecular Hbond substituents is 1. The van der Waals surface area contributed by atoms with Gasteiger partial charge in [0.2, 0.25) is 5.79 Å². The van der Waals surface area contributed by atoms with E-state index in [0.29, 0.717) is 60.9 Å². The number of carbonyl (C=O) groups is 4. The fourth-order valence-corrected chi connectivity index (χ4v) is 11.3.